The molecular formula is C21H18FN5O. The molecule has 0 aliphatic carbocycles. The van der Waals surface area contributed by atoms with E-state index in [1.807, 2.05) is 35.9 Å². The number of fused-ring (bicyclic) bond motifs is 1. The molecule has 4 aromatic rings. The smallest absolute Gasteiger partial charge is 0.270 e. The van der Waals surface area contributed by atoms with Gasteiger partial charge in [0.2, 0.25) is 0 Å². The van der Waals surface area contributed by atoms with Crippen molar-refractivity contribution in [3.05, 3.63) is 71.9 Å². The minimum absolute atomic E-state index is 0.0469. The molecule has 4 heterocycles. The van der Waals surface area contributed by atoms with Gasteiger partial charge in [-0.2, -0.15) is 5.10 Å². The second-order valence-electron chi connectivity index (χ2n) is 7.11. The highest BCUT2D eigenvalue weighted by molar-refractivity contribution is 5.98. The van der Waals surface area contributed by atoms with Gasteiger partial charge in [-0.05, 0) is 29.8 Å². The first-order valence-corrected chi connectivity index (χ1v) is 9.11. The predicted molar refractivity (Wildman–Crippen MR) is 103 cm³/mol. The van der Waals surface area contributed by atoms with E-state index in [1.165, 1.54) is 6.07 Å². The summed E-state index contributed by atoms with van der Waals surface area (Å²) in [5, 5.41) is 7.64. The lowest BCUT2D eigenvalue weighted by molar-refractivity contribution is 0.0589. The molecule has 1 saturated heterocycles. The molecule has 5 rings (SSSR count). The van der Waals surface area contributed by atoms with Crippen molar-refractivity contribution >= 4 is 16.9 Å². The minimum Gasteiger partial charge on any atom is -0.336 e. The monoisotopic (exact) mass is 375 g/mol. The van der Waals surface area contributed by atoms with Gasteiger partial charge in [-0.1, -0.05) is 18.2 Å². The lowest BCUT2D eigenvalue weighted by atomic mass is 9.91. The van der Waals surface area contributed by atoms with Gasteiger partial charge in [0.1, 0.15) is 17.2 Å². The van der Waals surface area contributed by atoms with E-state index < -0.39 is 0 Å². The minimum atomic E-state index is -0.208. The van der Waals surface area contributed by atoms with E-state index in [-0.39, 0.29) is 17.6 Å². The number of likely N-dealkylation sites (tertiary alicyclic amines) is 1. The van der Waals surface area contributed by atoms with Gasteiger partial charge >= 0.3 is 0 Å². The molecular weight excluding hydrogens is 357 g/mol. The largest absolute Gasteiger partial charge is 0.336 e. The van der Waals surface area contributed by atoms with Gasteiger partial charge in [0.25, 0.3) is 5.91 Å². The molecule has 1 aromatic carbocycles. The Hall–Kier alpha value is -3.48. The number of hydrogen-bond donors (Lipinski definition) is 1. The topological polar surface area (TPSA) is 66.8 Å². The lowest BCUT2D eigenvalue weighted by Crippen LogP contribution is -2.49. The summed E-state index contributed by atoms with van der Waals surface area (Å²) < 4.78 is 15.8. The van der Waals surface area contributed by atoms with Gasteiger partial charge < -0.3 is 9.47 Å². The SMILES string of the molecule is Cn1c(C(=O)N2CC(c3ccccc3F)C2)cc2ccc(-c3cn[nH]c3)nc21. The maximum absolute atomic E-state index is 13.9. The van der Waals surface area contributed by atoms with Gasteiger partial charge in [0.05, 0.1) is 11.9 Å². The average molecular weight is 375 g/mol. The number of hydrogen-bond acceptors (Lipinski definition) is 3. The van der Waals surface area contributed by atoms with Crippen LogP contribution in [0.2, 0.25) is 0 Å². The summed E-state index contributed by atoms with van der Waals surface area (Å²) in [6, 6.07) is 12.5. The summed E-state index contributed by atoms with van der Waals surface area (Å²) in [6.45, 7) is 1.05. The number of carbonyl (C=O) groups excluding carboxylic acids is 1. The third kappa shape index (κ3) is 2.58. The number of rotatable bonds is 3. The molecule has 0 radical (unpaired) electrons. The molecule has 1 amide bonds. The van der Waals surface area contributed by atoms with E-state index in [0.29, 0.717) is 24.3 Å². The van der Waals surface area contributed by atoms with E-state index in [1.54, 1.807) is 29.4 Å². The number of H-pyrrole nitrogens is 1. The Bertz CT molecular complexity index is 1170. The fraction of sp³-hybridized carbons (Fsp3) is 0.190. The molecule has 1 fully saturated rings. The molecule has 7 heteroatoms. The number of amides is 1. The highest BCUT2D eigenvalue weighted by Gasteiger charge is 2.34. The van der Waals surface area contributed by atoms with E-state index in [4.69, 9.17) is 0 Å². The quantitative estimate of drug-likeness (QED) is 0.597. The molecule has 28 heavy (non-hydrogen) atoms. The van der Waals surface area contributed by atoms with E-state index in [9.17, 15) is 9.18 Å². The Labute approximate surface area is 160 Å². The first-order chi connectivity index (χ1) is 13.6. The third-order valence-corrected chi connectivity index (χ3v) is 5.40. The van der Waals surface area contributed by atoms with Crippen molar-refractivity contribution in [1.82, 2.24) is 24.6 Å². The first-order valence-electron chi connectivity index (χ1n) is 9.11. The van der Waals surface area contributed by atoms with Crippen LogP contribution in [0.15, 0.2) is 54.9 Å². The summed E-state index contributed by atoms with van der Waals surface area (Å²) in [5.41, 5.74) is 3.69. The number of halogens is 1. The predicted octanol–water partition coefficient (Wildman–Crippen LogP) is 3.34. The number of aryl methyl sites for hydroxylation is 1. The number of nitrogens with zero attached hydrogens (tertiary/aromatic N) is 4. The Balaban J connectivity index is 1.40. The Morgan fingerprint density at radius 1 is 1.21 bits per heavy atom. The molecule has 0 bridgehead atoms. The van der Waals surface area contributed by atoms with Crippen molar-refractivity contribution in [2.75, 3.05) is 13.1 Å². The summed E-state index contributed by atoms with van der Waals surface area (Å²) in [4.78, 5) is 19.4. The van der Waals surface area contributed by atoms with Crippen LogP contribution in [0.5, 0.6) is 0 Å². The molecule has 1 N–H and O–H groups in total. The van der Waals surface area contributed by atoms with E-state index in [2.05, 4.69) is 15.2 Å². The van der Waals surface area contributed by atoms with Crippen LogP contribution in [0.25, 0.3) is 22.3 Å². The van der Waals surface area contributed by atoms with Crippen molar-refractivity contribution < 1.29 is 9.18 Å². The van der Waals surface area contributed by atoms with Crippen molar-refractivity contribution in [1.29, 1.82) is 0 Å². The molecule has 0 atom stereocenters. The fourth-order valence-corrected chi connectivity index (χ4v) is 3.76. The zero-order chi connectivity index (χ0) is 19.3. The third-order valence-electron chi connectivity index (χ3n) is 5.40. The number of carbonyl (C=O) groups is 1. The van der Waals surface area contributed by atoms with Gasteiger partial charge in [0, 0.05) is 43.2 Å². The molecule has 1 aliphatic heterocycles. The molecule has 0 spiro atoms. The van der Waals surface area contributed by atoms with Crippen molar-refractivity contribution in [3.8, 4) is 11.3 Å². The Morgan fingerprint density at radius 3 is 2.79 bits per heavy atom. The van der Waals surface area contributed by atoms with Gasteiger partial charge in [-0.3, -0.25) is 9.89 Å². The number of benzene rings is 1. The molecule has 6 nitrogen and oxygen atoms in total. The number of nitrogens with one attached hydrogen (secondary N) is 1. The molecule has 140 valence electrons. The molecule has 0 unspecified atom stereocenters. The molecule has 3 aromatic heterocycles. The van der Waals surface area contributed by atoms with Crippen molar-refractivity contribution in [3.63, 3.8) is 0 Å². The highest BCUT2D eigenvalue weighted by Crippen LogP contribution is 2.31. The Morgan fingerprint density at radius 2 is 2.04 bits per heavy atom. The maximum Gasteiger partial charge on any atom is 0.270 e. The normalized spacial score (nSPS) is 14.4. The van der Waals surface area contributed by atoms with Gasteiger partial charge in [-0.25, -0.2) is 9.37 Å². The van der Waals surface area contributed by atoms with Crippen LogP contribution in [-0.2, 0) is 7.05 Å². The van der Waals surface area contributed by atoms with Crippen LogP contribution in [0.3, 0.4) is 0 Å². The first kappa shape index (κ1) is 16.7. The van der Waals surface area contributed by atoms with Crippen molar-refractivity contribution in [2.24, 2.45) is 7.05 Å². The van der Waals surface area contributed by atoms with Crippen LogP contribution in [0, 0.1) is 5.82 Å². The van der Waals surface area contributed by atoms with E-state index in [0.717, 1.165) is 22.3 Å². The van der Waals surface area contributed by atoms with Gasteiger partial charge in [0.15, 0.2) is 0 Å². The maximum atomic E-state index is 13.9. The Kier molecular flexibility index (Phi) is 3.75. The molecule has 1 aliphatic rings. The number of aromatic nitrogens is 4. The van der Waals surface area contributed by atoms with Crippen LogP contribution >= 0.6 is 0 Å². The van der Waals surface area contributed by atoms with Crippen LogP contribution < -0.4 is 0 Å². The van der Waals surface area contributed by atoms with Crippen LogP contribution in [0.1, 0.15) is 22.0 Å². The zero-order valence-electron chi connectivity index (χ0n) is 15.3. The number of pyridine rings is 1. The summed E-state index contributed by atoms with van der Waals surface area (Å²) >= 11 is 0. The van der Waals surface area contributed by atoms with Crippen LogP contribution in [0.4, 0.5) is 4.39 Å². The second-order valence-corrected chi connectivity index (χ2v) is 7.11. The lowest BCUT2D eigenvalue weighted by Gasteiger charge is -2.39. The average Bonchev–Trinajstić information content (AvgIpc) is 3.30. The summed E-state index contributed by atoms with van der Waals surface area (Å²) in [5.74, 6) is -0.219. The zero-order valence-corrected chi connectivity index (χ0v) is 15.3. The second kappa shape index (κ2) is 6.30. The number of aromatic amines is 1. The van der Waals surface area contributed by atoms with Crippen LogP contribution in [-0.4, -0.2) is 43.6 Å². The summed E-state index contributed by atoms with van der Waals surface area (Å²) in [6.07, 6.45) is 3.50. The fourth-order valence-electron chi connectivity index (χ4n) is 3.76. The standard InChI is InChI=1S/C21H18FN5O/c1-26-19(8-13-6-7-18(25-20(13)26)14-9-23-24-10-14)21(28)27-11-15(12-27)16-4-2-3-5-17(16)22/h2-10,15H,11-12H2,1H3,(H,23,24). The van der Waals surface area contributed by atoms with Gasteiger partial charge in [-0.15, -0.1) is 0 Å². The van der Waals surface area contributed by atoms with E-state index >= 15 is 0 Å². The van der Waals surface area contributed by atoms with Crippen molar-refractivity contribution in [2.45, 2.75) is 5.92 Å². The molecule has 0 saturated carbocycles. The summed E-state index contributed by atoms with van der Waals surface area (Å²) in [7, 11) is 1.84. The highest BCUT2D eigenvalue weighted by atomic mass is 19.1.